The first-order valence-corrected chi connectivity index (χ1v) is 6.53. The van der Waals surface area contributed by atoms with Crippen LogP contribution in [0.15, 0.2) is 24.3 Å². The van der Waals surface area contributed by atoms with Crippen LogP contribution in [-0.4, -0.2) is 52.3 Å². The molecule has 3 nitrogen and oxygen atoms in total. The van der Waals surface area contributed by atoms with Crippen molar-refractivity contribution in [1.82, 2.24) is 4.90 Å². The third-order valence-corrected chi connectivity index (χ3v) is 2.89. The SMILES string of the molecule is COCCCN(C)CCOc1ccc([B-](F)(F)F)cc1. The first-order chi connectivity index (χ1) is 9.43. The van der Waals surface area contributed by atoms with E-state index in [9.17, 15) is 12.9 Å². The molecule has 1 aromatic rings. The third kappa shape index (κ3) is 6.30. The van der Waals surface area contributed by atoms with Gasteiger partial charge in [-0.1, -0.05) is 12.1 Å². The highest BCUT2D eigenvalue weighted by Crippen LogP contribution is 2.13. The van der Waals surface area contributed by atoms with Crippen LogP contribution in [0.1, 0.15) is 6.42 Å². The minimum Gasteiger partial charge on any atom is -0.492 e. The van der Waals surface area contributed by atoms with Crippen LogP contribution in [0.5, 0.6) is 5.75 Å². The summed E-state index contributed by atoms with van der Waals surface area (Å²) in [5.74, 6) is 0.457. The van der Waals surface area contributed by atoms with E-state index >= 15 is 0 Å². The molecule has 0 atom stereocenters. The first kappa shape index (κ1) is 16.8. The molecular formula is C13H20BF3NO2-. The molecule has 0 N–H and O–H groups in total. The zero-order chi connectivity index (χ0) is 15.0. The van der Waals surface area contributed by atoms with Gasteiger partial charge in [0.25, 0.3) is 0 Å². The van der Waals surface area contributed by atoms with Crippen molar-refractivity contribution in [2.24, 2.45) is 0 Å². The van der Waals surface area contributed by atoms with Gasteiger partial charge in [-0.15, -0.1) is 5.46 Å². The Morgan fingerprint density at radius 2 is 1.70 bits per heavy atom. The van der Waals surface area contributed by atoms with E-state index < -0.39 is 12.4 Å². The number of likely N-dealkylation sites (N-methyl/N-ethyl adjacent to an activating group) is 1. The van der Waals surface area contributed by atoms with Crippen molar-refractivity contribution in [3.63, 3.8) is 0 Å². The lowest BCUT2D eigenvalue weighted by molar-refractivity contribution is 0.172. The van der Waals surface area contributed by atoms with Crippen LogP contribution in [-0.2, 0) is 4.74 Å². The molecule has 0 aliphatic heterocycles. The Morgan fingerprint density at radius 3 is 2.25 bits per heavy atom. The van der Waals surface area contributed by atoms with Crippen LogP contribution < -0.4 is 10.2 Å². The fourth-order valence-corrected chi connectivity index (χ4v) is 1.69. The van der Waals surface area contributed by atoms with Crippen LogP contribution in [0.25, 0.3) is 0 Å². The summed E-state index contributed by atoms with van der Waals surface area (Å²) < 4.78 is 47.7. The highest BCUT2D eigenvalue weighted by molar-refractivity contribution is 6.73. The monoisotopic (exact) mass is 290 g/mol. The number of benzene rings is 1. The predicted octanol–water partition coefficient (Wildman–Crippen LogP) is 2.09. The number of methoxy groups -OCH3 is 1. The van der Waals surface area contributed by atoms with Crippen LogP contribution in [0.2, 0.25) is 0 Å². The number of hydrogen-bond donors (Lipinski definition) is 0. The smallest absolute Gasteiger partial charge is 0.492 e. The maximum atomic E-state index is 12.4. The summed E-state index contributed by atoms with van der Waals surface area (Å²) in [6.45, 7) is -2.16. The number of halogens is 3. The van der Waals surface area contributed by atoms with Crippen molar-refractivity contribution in [3.8, 4) is 5.75 Å². The number of rotatable bonds is 9. The van der Waals surface area contributed by atoms with E-state index in [1.807, 2.05) is 7.05 Å². The first-order valence-electron chi connectivity index (χ1n) is 6.53. The molecule has 7 heteroatoms. The van der Waals surface area contributed by atoms with Gasteiger partial charge in [0.2, 0.25) is 0 Å². The second-order valence-corrected chi connectivity index (χ2v) is 4.64. The zero-order valence-corrected chi connectivity index (χ0v) is 11.8. The molecule has 0 heterocycles. The molecule has 0 aliphatic carbocycles. The van der Waals surface area contributed by atoms with Crippen LogP contribution in [0, 0.1) is 0 Å². The Bertz CT molecular complexity index is 384. The highest BCUT2D eigenvalue weighted by Gasteiger charge is 2.24. The Hall–Kier alpha value is -1.21. The van der Waals surface area contributed by atoms with Crippen molar-refractivity contribution in [3.05, 3.63) is 24.3 Å². The van der Waals surface area contributed by atoms with Gasteiger partial charge in [-0.2, -0.15) is 0 Å². The second kappa shape index (κ2) is 8.16. The Labute approximate surface area is 117 Å². The van der Waals surface area contributed by atoms with E-state index in [-0.39, 0.29) is 0 Å². The molecule has 0 spiro atoms. The quantitative estimate of drug-likeness (QED) is 0.513. The Balaban J connectivity index is 2.28. The largest absolute Gasteiger partial charge is 0.509 e. The fourth-order valence-electron chi connectivity index (χ4n) is 1.69. The average Bonchev–Trinajstić information content (AvgIpc) is 2.38. The summed E-state index contributed by atoms with van der Waals surface area (Å²) in [5.41, 5.74) is -0.603. The minimum absolute atomic E-state index is 0.444. The fraction of sp³-hybridized carbons (Fsp3) is 0.538. The van der Waals surface area contributed by atoms with E-state index in [1.54, 1.807) is 7.11 Å². The van der Waals surface area contributed by atoms with Crippen molar-refractivity contribution < 1.29 is 22.4 Å². The van der Waals surface area contributed by atoms with Crippen molar-refractivity contribution in [1.29, 1.82) is 0 Å². The molecule has 0 aliphatic rings. The van der Waals surface area contributed by atoms with Gasteiger partial charge in [0, 0.05) is 26.8 Å². The van der Waals surface area contributed by atoms with Crippen molar-refractivity contribution in [2.75, 3.05) is 40.5 Å². The average molecular weight is 290 g/mol. The second-order valence-electron chi connectivity index (χ2n) is 4.64. The lowest BCUT2D eigenvalue weighted by Crippen LogP contribution is -2.33. The Morgan fingerprint density at radius 1 is 1.05 bits per heavy atom. The van der Waals surface area contributed by atoms with Gasteiger partial charge in [-0.25, -0.2) is 0 Å². The molecule has 0 amide bonds. The molecule has 0 aromatic heterocycles. The van der Waals surface area contributed by atoms with E-state index in [0.717, 1.165) is 25.1 Å². The van der Waals surface area contributed by atoms with Gasteiger partial charge in [0.15, 0.2) is 0 Å². The zero-order valence-electron chi connectivity index (χ0n) is 11.8. The van der Waals surface area contributed by atoms with E-state index in [2.05, 4.69) is 4.90 Å². The van der Waals surface area contributed by atoms with E-state index in [1.165, 1.54) is 12.1 Å². The molecule has 0 saturated carbocycles. The van der Waals surface area contributed by atoms with Crippen LogP contribution in [0.3, 0.4) is 0 Å². The summed E-state index contributed by atoms with van der Waals surface area (Å²) in [6.07, 6.45) is 0.940. The topological polar surface area (TPSA) is 21.7 Å². The molecule has 114 valence electrons. The van der Waals surface area contributed by atoms with Gasteiger partial charge in [-0.05, 0) is 25.6 Å². The molecule has 20 heavy (non-hydrogen) atoms. The van der Waals surface area contributed by atoms with Gasteiger partial charge in [0.05, 0.1) is 0 Å². The summed E-state index contributed by atoms with van der Waals surface area (Å²) in [4.78, 5) is 2.09. The molecule has 0 radical (unpaired) electrons. The van der Waals surface area contributed by atoms with Gasteiger partial charge in [0.1, 0.15) is 12.4 Å². The number of ether oxygens (including phenoxy) is 2. The standard InChI is InChI=1S/C13H20BF3NO2/c1-18(8-3-10-19-2)9-11-20-13-6-4-12(5-7-13)14(15,16)17/h4-7H,3,8-11H2,1-2H3/q-1. The lowest BCUT2D eigenvalue weighted by atomic mass is 9.80. The predicted molar refractivity (Wildman–Crippen MR) is 74.6 cm³/mol. The molecule has 0 bridgehead atoms. The Kier molecular flexibility index (Phi) is 6.88. The summed E-state index contributed by atoms with van der Waals surface area (Å²) in [7, 11) is 3.63. The maximum absolute atomic E-state index is 12.4. The van der Waals surface area contributed by atoms with Crippen molar-refractivity contribution in [2.45, 2.75) is 6.42 Å². The van der Waals surface area contributed by atoms with E-state index in [4.69, 9.17) is 9.47 Å². The minimum atomic E-state index is -4.93. The molecule has 0 saturated heterocycles. The van der Waals surface area contributed by atoms with Crippen LogP contribution >= 0.6 is 0 Å². The highest BCUT2D eigenvalue weighted by atomic mass is 19.4. The normalized spacial score (nSPS) is 11.9. The van der Waals surface area contributed by atoms with Crippen LogP contribution in [0.4, 0.5) is 12.9 Å². The van der Waals surface area contributed by atoms with Crippen molar-refractivity contribution >= 4 is 12.4 Å². The molecule has 0 fully saturated rings. The van der Waals surface area contributed by atoms with E-state index in [0.29, 0.717) is 25.5 Å². The van der Waals surface area contributed by atoms with Gasteiger partial charge >= 0.3 is 6.98 Å². The summed E-state index contributed by atoms with van der Waals surface area (Å²) >= 11 is 0. The third-order valence-electron chi connectivity index (χ3n) is 2.89. The van der Waals surface area contributed by atoms with Gasteiger partial charge < -0.3 is 27.3 Å². The molecular weight excluding hydrogens is 270 g/mol. The molecule has 1 rings (SSSR count). The summed E-state index contributed by atoms with van der Waals surface area (Å²) in [6, 6.07) is 4.82. The molecule has 1 aromatic carbocycles. The number of nitrogens with zero attached hydrogens (tertiary/aromatic N) is 1. The number of hydrogen-bond acceptors (Lipinski definition) is 3. The lowest BCUT2D eigenvalue weighted by Gasteiger charge is -2.17. The summed E-state index contributed by atoms with van der Waals surface area (Å²) in [5, 5.41) is 0. The molecule has 0 unspecified atom stereocenters. The maximum Gasteiger partial charge on any atom is 0.509 e. The van der Waals surface area contributed by atoms with Gasteiger partial charge in [-0.3, -0.25) is 0 Å².